The summed E-state index contributed by atoms with van der Waals surface area (Å²) in [5.41, 5.74) is 12.4. The lowest BCUT2D eigenvalue weighted by atomic mass is 10.0. The summed E-state index contributed by atoms with van der Waals surface area (Å²) in [5.74, 6) is 0.768. The molecule has 0 saturated carbocycles. The standard InChI is InChI=1S/C22H21N5/c23-19-4-2-16(3-5-19)22-25-12-18-8-10-27(14-21(18)26-22)13-15-1-6-20-17(11-15)7-9-24-20/h1-7,9,11-12,24H,8,10,13-14,23H2. The zero-order valence-corrected chi connectivity index (χ0v) is 15.0. The largest absolute Gasteiger partial charge is 0.399 e. The Balaban J connectivity index is 1.37. The van der Waals surface area contributed by atoms with E-state index in [0.717, 1.165) is 48.8 Å². The van der Waals surface area contributed by atoms with Crippen molar-refractivity contribution in [1.29, 1.82) is 0 Å². The molecule has 0 saturated heterocycles. The van der Waals surface area contributed by atoms with Gasteiger partial charge in [-0.2, -0.15) is 0 Å². The Bertz CT molecular complexity index is 1100. The number of nitrogens with one attached hydrogen (secondary N) is 1. The SMILES string of the molecule is Nc1ccc(-c2ncc3c(n2)CN(Cc2ccc4[nH]ccc4c2)CC3)cc1. The summed E-state index contributed by atoms with van der Waals surface area (Å²) in [7, 11) is 0. The summed E-state index contributed by atoms with van der Waals surface area (Å²) in [4.78, 5) is 15.1. The topological polar surface area (TPSA) is 70.8 Å². The fourth-order valence-corrected chi connectivity index (χ4v) is 3.72. The van der Waals surface area contributed by atoms with Crippen molar-refractivity contribution in [2.75, 3.05) is 12.3 Å². The highest BCUT2D eigenvalue weighted by atomic mass is 15.1. The zero-order valence-electron chi connectivity index (χ0n) is 15.0. The van der Waals surface area contributed by atoms with Crippen molar-refractivity contribution >= 4 is 16.6 Å². The lowest BCUT2D eigenvalue weighted by Gasteiger charge is -2.28. The van der Waals surface area contributed by atoms with Gasteiger partial charge >= 0.3 is 0 Å². The first-order chi connectivity index (χ1) is 13.2. The molecule has 0 fully saturated rings. The van der Waals surface area contributed by atoms with Crippen LogP contribution in [0.4, 0.5) is 5.69 Å². The molecule has 4 aromatic rings. The summed E-state index contributed by atoms with van der Waals surface area (Å²) in [5, 5.41) is 1.26. The van der Waals surface area contributed by atoms with Crippen molar-refractivity contribution in [3.8, 4) is 11.4 Å². The smallest absolute Gasteiger partial charge is 0.159 e. The summed E-state index contributed by atoms with van der Waals surface area (Å²) in [6.45, 7) is 2.81. The number of nitrogen functional groups attached to an aromatic ring is 1. The average Bonchev–Trinajstić information content (AvgIpc) is 3.16. The van der Waals surface area contributed by atoms with Gasteiger partial charge in [-0.15, -0.1) is 0 Å². The van der Waals surface area contributed by atoms with Gasteiger partial charge in [0.1, 0.15) is 0 Å². The molecule has 5 nitrogen and oxygen atoms in total. The Morgan fingerprint density at radius 1 is 1.07 bits per heavy atom. The van der Waals surface area contributed by atoms with Crippen LogP contribution in [-0.2, 0) is 19.5 Å². The highest BCUT2D eigenvalue weighted by Gasteiger charge is 2.19. The number of anilines is 1. The number of nitrogens with two attached hydrogens (primary N) is 1. The van der Waals surface area contributed by atoms with E-state index in [1.165, 1.54) is 22.0 Å². The van der Waals surface area contributed by atoms with Crippen molar-refractivity contribution in [1.82, 2.24) is 19.9 Å². The highest BCUT2D eigenvalue weighted by Crippen LogP contribution is 2.23. The third-order valence-electron chi connectivity index (χ3n) is 5.22. The van der Waals surface area contributed by atoms with E-state index in [4.69, 9.17) is 10.7 Å². The van der Waals surface area contributed by atoms with Crippen LogP contribution in [0.15, 0.2) is 60.9 Å². The molecule has 3 N–H and O–H groups in total. The Morgan fingerprint density at radius 3 is 2.85 bits per heavy atom. The average molecular weight is 355 g/mol. The molecule has 3 heterocycles. The van der Waals surface area contributed by atoms with Crippen molar-refractivity contribution in [2.45, 2.75) is 19.5 Å². The molecule has 1 aliphatic heterocycles. The number of hydrogen-bond acceptors (Lipinski definition) is 4. The maximum atomic E-state index is 5.79. The number of nitrogens with zero attached hydrogens (tertiary/aromatic N) is 3. The van der Waals surface area contributed by atoms with Gasteiger partial charge in [0, 0.05) is 48.8 Å². The molecule has 5 rings (SSSR count). The molecule has 0 spiro atoms. The Labute approximate surface area is 157 Å². The summed E-state index contributed by atoms with van der Waals surface area (Å²) in [6.07, 6.45) is 4.96. The van der Waals surface area contributed by atoms with Gasteiger partial charge in [-0.05, 0) is 65.4 Å². The van der Waals surface area contributed by atoms with Gasteiger partial charge in [0.15, 0.2) is 5.82 Å². The van der Waals surface area contributed by atoms with E-state index < -0.39 is 0 Å². The predicted octanol–water partition coefficient (Wildman–Crippen LogP) is 3.77. The van der Waals surface area contributed by atoms with E-state index in [2.05, 4.69) is 39.1 Å². The lowest BCUT2D eigenvalue weighted by Crippen LogP contribution is -2.31. The van der Waals surface area contributed by atoms with Crippen LogP contribution >= 0.6 is 0 Å². The van der Waals surface area contributed by atoms with Gasteiger partial charge in [-0.1, -0.05) is 6.07 Å². The van der Waals surface area contributed by atoms with Crippen molar-refractivity contribution in [2.24, 2.45) is 0 Å². The van der Waals surface area contributed by atoms with E-state index in [-0.39, 0.29) is 0 Å². The second-order valence-corrected chi connectivity index (χ2v) is 7.15. The van der Waals surface area contributed by atoms with Gasteiger partial charge < -0.3 is 10.7 Å². The maximum Gasteiger partial charge on any atom is 0.159 e. The van der Waals surface area contributed by atoms with Crippen LogP contribution < -0.4 is 5.73 Å². The molecule has 134 valence electrons. The molecule has 5 heteroatoms. The third-order valence-corrected chi connectivity index (χ3v) is 5.22. The van der Waals surface area contributed by atoms with E-state index >= 15 is 0 Å². The number of aromatic nitrogens is 3. The highest BCUT2D eigenvalue weighted by molar-refractivity contribution is 5.79. The molecule has 1 aliphatic rings. The zero-order chi connectivity index (χ0) is 18.2. The molecule has 0 radical (unpaired) electrons. The van der Waals surface area contributed by atoms with Crippen LogP contribution in [0.1, 0.15) is 16.8 Å². The minimum Gasteiger partial charge on any atom is -0.399 e. The molecule has 0 bridgehead atoms. The lowest BCUT2D eigenvalue weighted by molar-refractivity contribution is 0.241. The van der Waals surface area contributed by atoms with Crippen LogP contribution in [-0.4, -0.2) is 26.4 Å². The van der Waals surface area contributed by atoms with Gasteiger partial charge in [0.2, 0.25) is 0 Å². The first-order valence-electron chi connectivity index (χ1n) is 9.24. The number of hydrogen-bond donors (Lipinski definition) is 2. The van der Waals surface area contributed by atoms with E-state index in [9.17, 15) is 0 Å². The summed E-state index contributed by atoms with van der Waals surface area (Å²) >= 11 is 0. The van der Waals surface area contributed by atoms with Crippen LogP contribution in [0.5, 0.6) is 0 Å². The van der Waals surface area contributed by atoms with Crippen molar-refractivity contribution < 1.29 is 0 Å². The van der Waals surface area contributed by atoms with E-state index in [1.54, 1.807) is 0 Å². The van der Waals surface area contributed by atoms with Crippen molar-refractivity contribution in [3.05, 3.63) is 77.7 Å². The number of fused-ring (bicyclic) bond motifs is 2. The van der Waals surface area contributed by atoms with E-state index in [0.29, 0.717) is 0 Å². The summed E-state index contributed by atoms with van der Waals surface area (Å²) in [6, 6.07) is 16.5. The Kier molecular flexibility index (Phi) is 3.87. The third kappa shape index (κ3) is 3.17. The molecule has 0 aliphatic carbocycles. The first-order valence-corrected chi connectivity index (χ1v) is 9.24. The van der Waals surface area contributed by atoms with Crippen molar-refractivity contribution in [3.63, 3.8) is 0 Å². The number of aromatic amines is 1. The van der Waals surface area contributed by atoms with Gasteiger partial charge in [-0.3, -0.25) is 4.90 Å². The minimum absolute atomic E-state index is 0.752. The Hall–Kier alpha value is -3.18. The number of benzene rings is 2. The normalized spacial score (nSPS) is 14.4. The monoisotopic (exact) mass is 355 g/mol. The fourth-order valence-electron chi connectivity index (χ4n) is 3.72. The number of rotatable bonds is 3. The van der Waals surface area contributed by atoms with Crippen LogP contribution in [0.3, 0.4) is 0 Å². The Morgan fingerprint density at radius 2 is 1.96 bits per heavy atom. The molecule has 0 atom stereocenters. The van der Waals surface area contributed by atoms with Crippen LogP contribution in [0, 0.1) is 0 Å². The van der Waals surface area contributed by atoms with Gasteiger partial charge in [-0.25, -0.2) is 9.97 Å². The quantitative estimate of drug-likeness (QED) is 0.549. The molecule has 2 aromatic carbocycles. The molecule has 0 unspecified atom stereocenters. The van der Waals surface area contributed by atoms with Crippen LogP contribution in [0.2, 0.25) is 0 Å². The minimum atomic E-state index is 0.752. The maximum absolute atomic E-state index is 5.79. The molecular formula is C22H21N5. The molecular weight excluding hydrogens is 334 g/mol. The molecule has 0 amide bonds. The van der Waals surface area contributed by atoms with Gasteiger partial charge in [0.25, 0.3) is 0 Å². The fraction of sp³-hybridized carbons (Fsp3) is 0.182. The second-order valence-electron chi connectivity index (χ2n) is 7.15. The predicted molar refractivity (Wildman–Crippen MR) is 108 cm³/mol. The van der Waals surface area contributed by atoms with Gasteiger partial charge in [0.05, 0.1) is 5.69 Å². The number of H-pyrrole nitrogens is 1. The second kappa shape index (κ2) is 6.52. The van der Waals surface area contributed by atoms with Crippen LogP contribution in [0.25, 0.3) is 22.3 Å². The summed E-state index contributed by atoms with van der Waals surface area (Å²) < 4.78 is 0. The first kappa shape index (κ1) is 16.0. The van der Waals surface area contributed by atoms with E-state index in [1.807, 2.05) is 36.7 Å². The molecule has 2 aromatic heterocycles. The molecule has 27 heavy (non-hydrogen) atoms.